The minimum atomic E-state index is -0.570. The molecular formula is C19H15ClN4O4S. The van der Waals surface area contributed by atoms with Crippen LogP contribution < -0.4 is 10.9 Å². The second-order valence-electron chi connectivity index (χ2n) is 5.87. The molecule has 8 nitrogen and oxygen atoms in total. The topological polar surface area (TPSA) is 107 Å². The molecule has 0 aliphatic carbocycles. The third-order valence-corrected chi connectivity index (χ3v) is 5.11. The second kappa shape index (κ2) is 8.89. The van der Waals surface area contributed by atoms with Gasteiger partial charge in [-0.1, -0.05) is 41.6 Å². The van der Waals surface area contributed by atoms with Crippen molar-refractivity contribution in [2.75, 3.05) is 11.1 Å². The van der Waals surface area contributed by atoms with Gasteiger partial charge in [-0.2, -0.15) is 0 Å². The first kappa shape index (κ1) is 20.6. The highest BCUT2D eigenvalue weighted by molar-refractivity contribution is 7.99. The number of benzene rings is 2. The van der Waals surface area contributed by atoms with Crippen LogP contribution in [0.4, 0.5) is 11.4 Å². The number of halogens is 1. The summed E-state index contributed by atoms with van der Waals surface area (Å²) < 4.78 is 1.41. The van der Waals surface area contributed by atoms with E-state index in [9.17, 15) is 19.7 Å². The summed E-state index contributed by atoms with van der Waals surface area (Å²) in [6.07, 6.45) is 1.56. The Morgan fingerprint density at radius 1 is 1.34 bits per heavy atom. The molecule has 2 aromatic carbocycles. The van der Waals surface area contributed by atoms with Gasteiger partial charge in [0.15, 0.2) is 5.16 Å². The van der Waals surface area contributed by atoms with Gasteiger partial charge >= 0.3 is 0 Å². The Morgan fingerprint density at radius 3 is 2.83 bits per heavy atom. The Hall–Kier alpha value is -3.17. The number of nitrogens with zero attached hydrogens (tertiary/aromatic N) is 3. The molecule has 0 aliphatic rings. The van der Waals surface area contributed by atoms with Gasteiger partial charge in [0, 0.05) is 17.6 Å². The first-order valence-corrected chi connectivity index (χ1v) is 9.74. The molecule has 1 aromatic heterocycles. The predicted molar refractivity (Wildman–Crippen MR) is 114 cm³/mol. The lowest BCUT2D eigenvalue weighted by Gasteiger charge is -2.11. The molecule has 0 unspecified atom stereocenters. The van der Waals surface area contributed by atoms with Gasteiger partial charge < -0.3 is 5.32 Å². The van der Waals surface area contributed by atoms with Crippen molar-refractivity contribution in [2.45, 2.75) is 11.7 Å². The number of fused-ring (bicyclic) bond motifs is 1. The lowest BCUT2D eigenvalue weighted by molar-refractivity contribution is -0.383. The van der Waals surface area contributed by atoms with E-state index in [4.69, 9.17) is 11.6 Å². The summed E-state index contributed by atoms with van der Waals surface area (Å²) in [6, 6.07) is 10.6. The molecule has 0 atom stereocenters. The number of anilines is 1. The van der Waals surface area contributed by atoms with E-state index in [1.165, 1.54) is 22.8 Å². The molecule has 1 amide bonds. The average Bonchev–Trinajstić information content (AvgIpc) is 2.69. The third kappa shape index (κ3) is 4.64. The molecule has 10 heteroatoms. The zero-order chi connectivity index (χ0) is 21.0. The van der Waals surface area contributed by atoms with E-state index in [0.29, 0.717) is 21.1 Å². The van der Waals surface area contributed by atoms with Crippen molar-refractivity contribution in [3.63, 3.8) is 0 Å². The fraction of sp³-hybridized carbons (Fsp3) is 0.105. The number of hydrogen-bond donors (Lipinski definition) is 1. The number of hydrogen-bond acceptors (Lipinski definition) is 6. The molecule has 0 saturated carbocycles. The number of allylic oxidation sites excluding steroid dienone is 1. The zero-order valence-corrected chi connectivity index (χ0v) is 16.6. The van der Waals surface area contributed by atoms with Crippen molar-refractivity contribution in [2.24, 2.45) is 0 Å². The number of aromatic nitrogens is 2. The van der Waals surface area contributed by atoms with Crippen LogP contribution in [0, 0.1) is 10.1 Å². The number of carbonyl (C=O) groups excluding carboxylic acids is 1. The summed E-state index contributed by atoms with van der Waals surface area (Å²) in [5.41, 5.74) is 0.0512. The molecule has 148 valence electrons. The van der Waals surface area contributed by atoms with Gasteiger partial charge in [-0.3, -0.25) is 24.3 Å². The number of rotatable bonds is 7. The maximum absolute atomic E-state index is 12.7. The lowest BCUT2D eigenvalue weighted by Crippen LogP contribution is -2.24. The Balaban J connectivity index is 1.85. The van der Waals surface area contributed by atoms with E-state index < -0.39 is 10.8 Å². The fourth-order valence-corrected chi connectivity index (χ4v) is 3.60. The highest BCUT2D eigenvalue weighted by atomic mass is 35.5. The van der Waals surface area contributed by atoms with Crippen LogP contribution in [0.15, 0.2) is 65.1 Å². The van der Waals surface area contributed by atoms with Crippen molar-refractivity contribution in [1.29, 1.82) is 0 Å². The van der Waals surface area contributed by atoms with Gasteiger partial charge in [0.1, 0.15) is 5.69 Å². The summed E-state index contributed by atoms with van der Waals surface area (Å²) in [7, 11) is 0. The van der Waals surface area contributed by atoms with E-state index in [1.807, 2.05) is 0 Å². The number of nitrogens with one attached hydrogen (secondary N) is 1. The minimum absolute atomic E-state index is 0.0955. The molecule has 1 heterocycles. The van der Waals surface area contributed by atoms with Gasteiger partial charge in [-0.25, -0.2) is 4.98 Å². The zero-order valence-electron chi connectivity index (χ0n) is 15.0. The van der Waals surface area contributed by atoms with Crippen LogP contribution in [0.2, 0.25) is 5.02 Å². The second-order valence-corrected chi connectivity index (χ2v) is 7.25. The molecule has 1 N–H and O–H groups in total. The first-order chi connectivity index (χ1) is 13.9. The first-order valence-electron chi connectivity index (χ1n) is 8.37. The normalized spacial score (nSPS) is 10.7. The average molecular weight is 431 g/mol. The van der Waals surface area contributed by atoms with Crippen LogP contribution in [0.25, 0.3) is 10.9 Å². The van der Waals surface area contributed by atoms with Crippen molar-refractivity contribution in [3.05, 3.63) is 80.6 Å². The summed E-state index contributed by atoms with van der Waals surface area (Å²) >= 11 is 7.03. The molecule has 3 rings (SSSR count). The van der Waals surface area contributed by atoms with Crippen molar-refractivity contribution in [1.82, 2.24) is 9.55 Å². The van der Waals surface area contributed by atoms with E-state index in [-0.39, 0.29) is 29.2 Å². The summed E-state index contributed by atoms with van der Waals surface area (Å²) in [5.74, 6) is -0.559. The smallest absolute Gasteiger partial charge is 0.292 e. The van der Waals surface area contributed by atoms with Crippen LogP contribution in [0.1, 0.15) is 0 Å². The number of nitro groups is 1. The summed E-state index contributed by atoms with van der Waals surface area (Å²) in [5, 5.41) is 14.8. The highest BCUT2D eigenvalue weighted by Gasteiger charge is 2.17. The van der Waals surface area contributed by atoms with Gasteiger partial charge in [-0.15, -0.1) is 6.58 Å². The quantitative estimate of drug-likeness (QED) is 0.200. The SMILES string of the molecule is C=CCn1c(SCC(=O)Nc2ccccc2[N+](=O)[O-])nc2cc(Cl)ccc2c1=O. The van der Waals surface area contributed by atoms with Crippen molar-refractivity contribution < 1.29 is 9.72 Å². The standard InChI is InChI=1S/C19H15ClN4O4S/c1-2-9-23-18(26)13-8-7-12(20)10-15(13)22-19(23)29-11-17(25)21-14-5-3-4-6-16(14)24(27)28/h2-8,10H,1,9,11H2,(H,21,25). The van der Waals surface area contributed by atoms with Crippen LogP contribution in [0.5, 0.6) is 0 Å². The molecule has 0 spiro atoms. The number of para-hydroxylation sites is 2. The molecule has 0 fully saturated rings. The molecular weight excluding hydrogens is 416 g/mol. The van der Waals surface area contributed by atoms with E-state index in [0.717, 1.165) is 11.8 Å². The van der Waals surface area contributed by atoms with Gasteiger partial charge in [-0.05, 0) is 24.3 Å². The number of thioether (sulfide) groups is 1. The Labute approximate surface area is 174 Å². The van der Waals surface area contributed by atoms with Crippen LogP contribution in [-0.4, -0.2) is 26.1 Å². The lowest BCUT2D eigenvalue weighted by atomic mass is 10.2. The molecule has 0 saturated heterocycles. The fourth-order valence-electron chi connectivity index (χ4n) is 2.63. The predicted octanol–water partition coefficient (Wildman–Crippen LogP) is 3.87. The maximum Gasteiger partial charge on any atom is 0.292 e. The Kier molecular flexibility index (Phi) is 6.30. The molecule has 29 heavy (non-hydrogen) atoms. The van der Waals surface area contributed by atoms with E-state index >= 15 is 0 Å². The minimum Gasteiger partial charge on any atom is -0.320 e. The molecule has 3 aromatic rings. The molecule has 0 radical (unpaired) electrons. The Morgan fingerprint density at radius 2 is 2.10 bits per heavy atom. The van der Waals surface area contributed by atoms with Gasteiger partial charge in [0.05, 0.1) is 21.6 Å². The third-order valence-electron chi connectivity index (χ3n) is 3.90. The van der Waals surface area contributed by atoms with Crippen molar-refractivity contribution in [3.8, 4) is 0 Å². The van der Waals surface area contributed by atoms with Crippen molar-refractivity contribution >= 4 is 51.5 Å². The monoisotopic (exact) mass is 430 g/mol. The summed E-state index contributed by atoms with van der Waals surface area (Å²) in [4.78, 5) is 40.0. The summed E-state index contributed by atoms with van der Waals surface area (Å²) in [6.45, 7) is 3.87. The van der Waals surface area contributed by atoms with Gasteiger partial charge in [0.25, 0.3) is 11.2 Å². The molecule has 0 bridgehead atoms. The van der Waals surface area contributed by atoms with E-state index in [2.05, 4.69) is 16.9 Å². The number of carbonyl (C=O) groups is 1. The largest absolute Gasteiger partial charge is 0.320 e. The van der Waals surface area contributed by atoms with Crippen LogP contribution >= 0.6 is 23.4 Å². The van der Waals surface area contributed by atoms with Crippen LogP contribution in [-0.2, 0) is 11.3 Å². The number of nitro benzene ring substituents is 1. The maximum atomic E-state index is 12.7. The molecule has 0 aliphatic heterocycles. The Bertz CT molecular complexity index is 1180. The van der Waals surface area contributed by atoms with Gasteiger partial charge in [0.2, 0.25) is 5.91 Å². The van der Waals surface area contributed by atoms with Crippen LogP contribution in [0.3, 0.4) is 0 Å². The number of amides is 1. The van der Waals surface area contributed by atoms with E-state index in [1.54, 1.807) is 30.3 Å². The highest BCUT2D eigenvalue weighted by Crippen LogP contribution is 2.24.